The Morgan fingerprint density at radius 3 is 2.10 bits per heavy atom. The zero-order chi connectivity index (χ0) is 21.8. The maximum atomic E-state index is 11.4. The van der Waals surface area contributed by atoms with E-state index in [9.17, 15) is 9.90 Å². The van der Waals surface area contributed by atoms with Gasteiger partial charge in [0.05, 0.1) is 7.11 Å². The average Bonchev–Trinajstić information content (AvgIpc) is 2.95. The highest BCUT2D eigenvalue weighted by molar-refractivity contribution is 6.27. The third-order valence-electron chi connectivity index (χ3n) is 4.35. The van der Waals surface area contributed by atoms with Crippen LogP contribution in [0.2, 0.25) is 0 Å². The van der Waals surface area contributed by atoms with Crippen LogP contribution in [-0.4, -0.2) is 77.4 Å². The lowest BCUT2D eigenvalue weighted by molar-refractivity contribution is -0.159. The molecule has 0 saturated carbocycles. The first-order chi connectivity index (χ1) is 13.7. The van der Waals surface area contributed by atoms with E-state index in [-0.39, 0.29) is 12.4 Å². The number of carboxylic acids is 2. The van der Waals surface area contributed by atoms with Crippen molar-refractivity contribution < 1.29 is 39.2 Å². The van der Waals surface area contributed by atoms with Gasteiger partial charge in [0.1, 0.15) is 12.7 Å². The number of benzene rings is 1. The number of likely N-dealkylation sites (tertiary alicyclic amines) is 1. The van der Waals surface area contributed by atoms with Crippen molar-refractivity contribution in [2.24, 2.45) is 0 Å². The van der Waals surface area contributed by atoms with Crippen molar-refractivity contribution in [3.63, 3.8) is 0 Å². The molecule has 0 spiro atoms. The normalized spacial score (nSPS) is 15.3. The predicted octanol–water partition coefficient (Wildman–Crippen LogP) is 1.67. The Balaban J connectivity index is 0.000000612. The summed E-state index contributed by atoms with van der Waals surface area (Å²) in [4.78, 5) is 31.9. The summed E-state index contributed by atoms with van der Waals surface area (Å²) >= 11 is 0. The quantitative estimate of drug-likeness (QED) is 0.452. The summed E-state index contributed by atoms with van der Waals surface area (Å²) in [7, 11) is 1.54. The van der Waals surface area contributed by atoms with E-state index in [0.717, 1.165) is 13.1 Å². The molecule has 0 aromatic heterocycles. The summed E-state index contributed by atoms with van der Waals surface area (Å²) in [6, 6.07) is 5.09. The smallest absolute Gasteiger partial charge is 0.414 e. The van der Waals surface area contributed by atoms with Crippen LogP contribution >= 0.6 is 0 Å². The molecule has 0 amide bonds. The molecule has 9 nitrogen and oxygen atoms in total. The molecule has 1 fully saturated rings. The molecule has 1 aliphatic rings. The van der Waals surface area contributed by atoms with E-state index in [0.29, 0.717) is 23.6 Å². The second kappa shape index (κ2) is 12.7. The van der Waals surface area contributed by atoms with Crippen LogP contribution in [0.1, 0.15) is 43.0 Å². The van der Waals surface area contributed by atoms with E-state index < -0.39 is 18.0 Å². The zero-order valence-corrected chi connectivity index (χ0v) is 16.8. The van der Waals surface area contributed by atoms with Crippen molar-refractivity contribution in [3.8, 4) is 11.5 Å². The molecule has 2 rings (SSSR count). The van der Waals surface area contributed by atoms with Crippen molar-refractivity contribution in [3.05, 3.63) is 23.8 Å². The van der Waals surface area contributed by atoms with Gasteiger partial charge in [0.2, 0.25) is 0 Å². The molecule has 9 heteroatoms. The summed E-state index contributed by atoms with van der Waals surface area (Å²) < 4.78 is 11.0. The maximum absolute atomic E-state index is 11.4. The van der Waals surface area contributed by atoms with Crippen LogP contribution in [0.4, 0.5) is 0 Å². The second-order valence-corrected chi connectivity index (χ2v) is 6.71. The summed E-state index contributed by atoms with van der Waals surface area (Å²) in [6.45, 7) is 4.46. The van der Waals surface area contributed by atoms with Gasteiger partial charge in [0.25, 0.3) is 0 Å². The zero-order valence-electron chi connectivity index (χ0n) is 16.8. The van der Waals surface area contributed by atoms with E-state index >= 15 is 0 Å². The van der Waals surface area contributed by atoms with E-state index in [1.165, 1.54) is 32.6 Å². The van der Waals surface area contributed by atoms with Gasteiger partial charge in [-0.15, -0.1) is 0 Å². The first-order valence-electron chi connectivity index (χ1n) is 9.43. The minimum absolute atomic E-state index is 0.0175. The highest BCUT2D eigenvalue weighted by atomic mass is 16.5. The van der Waals surface area contributed by atoms with Gasteiger partial charge in [-0.2, -0.15) is 0 Å². The number of methoxy groups -OCH3 is 1. The Hall–Kier alpha value is -2.65. The number of ether oxygens (including phenoxy) is 2. The van der Waals surface area contributed by atoms with Gasteiger partial charge in [-0.25, -0.2) is 9.59 Å². The van der Waals surface area contributed by atoms with Crippen LogP contribution in [-0.2, 0) is 9.59 Å². The third kappa shape index (κ3) is 9.40. The molecule has 0 radical (unpaired) electrons. The summed E-state index contributed by atoms with van der Waals surface area (Å²) in [5.74, 6) is -2.60. The fourth-order valence-corrected chi connectivity index (χ4v) is 2.86. The van der Waals surface area contributed by atoms with Crippen LogP contribution in [0.5, 0.6) is 11.5 Å². The second-order valence-electron chi connectivity index (χ2n) is 6.71. The Morgan fingerprint density at radius 1 is 1.03 bits per heavy atom. The summed E-state index contributed by atoms with van der Waals surface area (Å²) in [5, 5.41) is 25.0. The van der Waals surface area contributed by atoms with Gasteiger partial charge in [-0.05, 0) is 51.1 Å². The number of hydrogen-bond acceptors (Lipinski definition) is 7. The van der Waals surface area contributed by atoms with Gasteiger partial charge in [0.15, 0.2) is 17.3 Å². The number of β-amino-alcohol motifs (C(OH)–C–C–N with tert-alkyl or cyclic N) is 1. The number of carboxylic acid groups (broad SMARTS) is 2. The fourth-order valence-electron chi connectivity index (χ4n) is 2.86. The van der Waals surface area contributed by atoms with Gasteiger partial charge < -0.3 is 29.7 Å². The largest absolute Gasteiger partial charge is 0.493 e. The lowest BCUT2D eigenvalue weighted by atomic mass is 10.1. The number of nitrogens with zero attached hydrogens (tertiary/aromatic N) is 1. The molecule has 0 aliphatic carbocycles. The van der Waals surface area contributed by atoms with Gasteiger partial charge in [-0.3, -0.25) is 4.79 Å². The number of aliphatic hydroxyl groups is 1. The molecular formula is C20H29NO8. The van der Waals surface area contributed by atoms with Crippen molar-refractivity contribution >= 4 is 17.7 Å². The Labute approximate surface area is 169 Å². The van der Waals surface area contributed by atoms with Crippen LogP contribution in [0, 0.1) is 0 Å². The van der Waals surface area contributed by atoms with Gasteiger partial charge in [0, 0.05) is 12.1 Å². The third-order valence-corrected chi connectivity index (χ3v) is 4.35. The number of carbonyl (C=O) groups excluding carboxylic acids is 1. The molecule has 1 heterocycles. The van der Waals surface area contributed by atoms with Crippen molar-refractivity contribution in [1.82, 2.24) is 4.90 Å². The van der Waals surface area contributed by atoms with Crippen LogP contribution in [0.3, 0.4) is 0 Å². The van der Waals surface area contributed by atoms with E-state index in [2.05, 4.69) is 4.90 Å². The number of rotatable bonds is 7. The molecule has 1 atom stereocenters. The number of Topliss-reactive ketones (excluding diaryl/α,β-unsaturated/α-hetero) is 1. The predicted molar refractivity (Wildman–Crippen MR) is 105 cm³/mol. The lowest BCUT2D eigenvalue weighted by Gasteiger charge is -2.23. The van der Waals surface area contributed by atoms with E-state index in [4.69, 9.17) is 29.3 Å². The maximum Gasteiger partial charge on any atom is 0.414 e. The standard InChI is InChI=1S/C18H27NO4.C2H2O4/c1-14(20)15-7-8-17(18(11-15)22-2)23-13-16(21)12-19-9-5-3-4-6-10-19;3-1(4)2(5)6/h7-8,11,16,21H,3-6,9-10,12-13H2,1-2H3;(H,3,4)(H,5,6). The SMILES string of the molecule is COc1cc(C(C)=O)ccc1OCC(O)CN1CCCCCC1.O=C(O)C(=O)O. The van der Waals surface area contributed by atoms with E-state index in [1.54, 1.807) is 25.3 Å². The Kier molecular flexibility index (Phi) is 10.7. The van der Waals surface area contributed by atoms with Crippen molar-refractivity contribution in [2.45, 2.75) is 38.7 Å². The number of carbonyl (C=O) groups is 3. The molecule has 1 aromatic carbocycles. The summed E-state index contributed by atoms with van der Waals surface area (Å²) in [6.07, 6.45) is 4.43. The molecule has 1 aromatic rings. The molecule has 1 unspecified atom stereocenters. The molecular weight excluding hydrogens is 382 g/mol. The highest BCUT2D eigenvalue weighted by Crippen LogP contribution is 2.28. The van der Waals surface area contributed by atoms with Crippen molar-refractivity contribution in [1.29, 1.82) is 0 Å². The molecule has 1 saturated heterocycles. The van der Waals surface area contributed by atoms with Crippen LogP contribution in [0.25, 0.3) is 0 Å². The molecule has 162 valence electrons. The number of hydrogen-bond donors (Lipinski definition) is 3. The fraction of sp³-hybridized carbons (Fsp3) is 0.550. The number of aliphatic carboxylic acids is 2. The topological polar surface area (TPSA) is 134 Å². The van der Waals surface area contributed by atoms with E-state index in [1.807, 2.05) is 0 Å². The van der Waals surface area contributed by atoms with Gasteiger partial charge >= 0.3 is 11.9 Å². The Bertz CT molecular complexity index is 671. The lowest BCUT2D eigenvalue weighted by Crippen LogP contribution is -2.36. The van der Waals surface area contributed by atoms with Crippen LogP contribution in [0.15, 0.2) is 18.2 Å². The monoisotopic (exact) mass is 411 g/mol. The van der Waals surface area contributed by atoms with Crippen LogP contribution < -0.4 is 9.47 Å². The number of aliphatic hydroxyl groups excluding tert-OH is 1. The minimum atomic E-state index is -1.82. The van der Waals surface area contributed by atoms with Gasteiger partial charge in [-0.1, -0.05) is 12.8 Å². The Morgan fingerprint density at radius 2 is 1.62 bits per heavy atom. The van der Waals surface area contributed by atoms with Crippen molar-refractivity contribution in [2.75, 3.05) is 33.4 Å². The highest BCUT2D eigenvalue weighted by Gasteiger charge is 2.15. The molecule has 0 bridgehead atoms. The first-order valence-corrected chi connectivity index (χ1v) is 9.43. The average molecular weight is 411 g/mol. The minimum Gasteiger partial charge on any atom is -0.493 e. The summed E-state index contributed by atoms with van der Waals surface area (Å²) in [5.41, 5.74) is 0.583. The molecule has 1 aliphatic heterocycles. The first kappa shape index (κ1) is 24.4. The molecule has 29 heavy (non-hydrogen) atoms. The number of ketones is 1. The molecule has 3 N–H and O–H groups in total.